The van der Waals surface area contributed by atoms with Crippen LogP contribution in [0.4, 0.5) is 61.5 Å². The lowest BCUT2D eigenvalue weighted by Crippen LogP contribution is -2.51. The van der Waals surface area contributed by atoms with Crippen molar-refractivity contribution in [3.8, 4) is 0 Å². The zero-order valence-corrected chi connectivity index (χ0v) is 74.4. The maximum Gasteiger partial charge on any atom is 0.396 e. The summed E-state index contributed by atoms with van der Waals surface area (Å²) in [5, 5.41) is 27.4. The van der Waals surface area contributed by atoms with Gasteiger partial charge in [-0.3, -0.25) is 28.8 Å². The zero-order chi connectivity index (χ0) is 89.9. The fourth-order valence-electron chi connectivity index (χ4n) is 8.28. The Morgan fingerprint density at radius 1 is 0.336 bits per heavy atom. The Morgan fingerprint density at radius 3 is 0.607 bits per heavy atom. The Bertz CT molecular complexity index is 2360. The number of alkyl halides is 14. The molecule has 0 saturated heterocycles. The van der Waals surface area contributed by atoms with Crippen LogP contribution in [0.15, 0.2) is 0 Å². The lowest BCUT2D eigenvalue weighted by Gasteiger charge is -2.36. The van der Waals surface area contributed by atoms with Gasteiger partial charge in [0.25, 0.3) is 23.7 Å². The predicted molar refractivity (Wildman–Crippen MR) is 411 cm³/mol. The van der Waals surface area contributed by atoms with Crippen LogP contribution in [-0.4, -0.2) is 123 Å². The first kappa shape index (κ1) is 124. The van der Waals surface area contributed by atoms with Crippen LogP contribution in [0.25, 0.3) is 0 Å². The summed E-state index contributed by atoms with van der Waals surface area (Å²) >= 11 is 0. The number of aliphatic hydroxyl groups excluding tert-OH is 2. The third-order valence-corrected chi connectivity index (χ3v) is 23.0. The van der Waals surface area contributed by atoms with E-state index in [1.807, 2.05) is 13.8 Å². The normalized spacial score (nSPS) is 16.0. The van der Waals surface area contributed by atoms with Gasteiger partial charge in [0.05, 0.1) is 17.9 Å². The van der Waals surface area contributed by atoms with Crippen molar-refractivity contribution in [2.75, 3.05) is 41.4 Å². The van der Waals surface area contributed by atoms with Crippen molar-refractivity contribution < 1.29 is 100 Å². The number of hydrogen-bond donors (Lipinski definition) is 8. The molecule has 0 saturated carbocycles. The molecular weight excluding hydrogens is 1430 g/mol. The Hall–Kier alpha value is -4.24. The molecule has 0 aliphatic carbocycles. The van der Waals surface area contributed by atoms with Crippen molar-refractivity contribution in [3.05, 3.63) is 0 Å². The molecule has 107 heavy (non-hydrogen) atoms. The number of primary amides is 2. The van der Waals surface area contributed by atoms with Crippen molar-refractivity contribution >= 4 is 35.4 Å². The SMILES string of the molecule is CC(C)C(C)(C)C.CC(C)[C@@](C)(C(N)=O)C(C)(F)F.CC(C)[C@H](C)C(F)(F)F.CC(C)[C@](C)(C(N)=O)C(C)(F)F.CC(C)[C@](C)(CO)C(F)(F)F.CCC(C)(CO)C(C)C.CNC(=O)C(C(C)C)C(C)C.CNC(=O)C(C)(C)C(C)C.CNC(=O)[C@@](C)(C(C)C)C(C)(F)F.CNC(=O)[C@](C)(C(C)C)C(C)(F)F. The third-order valence-electron chi connectivity index (χ3n) is 23.0. The Labute approximate surface area is 640 Å². The summed E-state index contributed by atoms with van der Waals surface area (Å²) in [4.78, 5) is 66.8. The van der Waals surface area contributed by atoms with Gasteiger partial charge in [0.15, 0.2) is 0 Å². The molecule has 0 aliphatic heterocycles. The van der Waals surface area contributed by atoms with E-state index in [9.17, 15) is 90.2 Å². The number of aliphatic hydroxyl groups is 2. The van der Waals surface area contributed by atoms with Gasteiger partial charge in [0, 0.05) is 73.8 Å². The number of halogens is 14. The quantitative estimate of drug-likeness (QED) is 0.0456. The van der Waals surface area contributed by atoms with E-state index >= 15 is 0 Å². The second kappa shape index (κ2) is 50.0. The van der Waals surface area contributed by atoms with Gasteiger partial charge in [-0.25, -0.2) is 35.1 Å². The number of carbonyl (C=O) groups is 6. The summed E-state index contributed by atoms with van der Waals surface area (Å²) in [6.45, 7) is 64.6. The van der Waals surface area contributed by atoms with Gasteiger partial charge in [-0.1, -0.05) is 208 Å². The molecule has 0 spiro atoms. The summed E-state index contributed by atoms with van der Waals surface area (Å²) in [5.74, 6) is -16.2. The van der Waals surface area contributed by atoms with Gasteiger partial charge < -0.3 is 42.9 Å². The van der Waals surface area contributed by atoms with Crippen molar-refractivity contribution in [1.29, 1.82) is 0 Å². The zero-order valence-electron chi connectivity index (χ0n) is 74.4. The maximum atomic E-state index is 13.2. The van der Waals surface area contributed by atoms with Crippen molar-refractivity contribution in [3.63, 3.8) is 0 Å². The fourth-order valence-corrected chi connectivity index (χ4v) is 8.28. The van der Waals surface area contributed by atoms with E-state index in [1.165, 1.54) is 62.6 Å². The highest BCUT2D eigenvalue weighted by Gasteiger charge is 2.57. The molecule has 10 N–H and O–H groups in total. The smallest absolute Gasteiger partial charge is 0.396 e. The van der Waals surface area contributed by atoms with Gasteiger partial charge in [0.2, 0.25) is 35.4 Å². The first-order chi connectivity index (χ1) is 46.7. The van der Waals surface area contributed by atoms with Gasteiger partial charge in [-0.2, -0.15) is 26.3 Å². The largest absolute Gasteiger partial charge is 0.396 e. The molecule has 14 nitrogen and oxygen atoms in total. The fraction of sp³-hybridized carbons (Fsp3) is 0.924. The number of amides is 6. The molecule has 6 amide bonds. The van der Waals surface area contributed by atoms with Crippen LogP contribution in [-0.2, 0) is 28.8 Å². The number of nitrogens with two attached hydrogens (primary N) is 2. The van der Waals surface area contributed by atoms with E-state index in [0.717, 1.165) is 47.0 Å². The molecule has 0 heterocycles. The highest BCUT2D eigenvalue weighted by atomic mass is 19.4. The van der Waals surface area contributed by atoms with Crippen LogP contribution >= 0.6 is 0 Å². The first-order valence-corrected chi connectivity index (χ1v) is 37.0. The summed E-state index contributed by atoms with van der Waals surface area (Å²) in [7, 11) is 6.11. The predicted octanol–water partition coefficient (Wildman–Crippen LogP) is 20.5. The summed E-state index contributed by atoms with van der Waals surface area (Å²) in [6, 6.07) is 0. The van der Waals surface area contributed by atoms with Gasteiger partial charge in [-0.05, 0) is 117 Å². The molecule has 0 rings (SSSR count). The summed E-state index contributed by atoms with van der Waals surface area (Å²) in [5.41, 5.74) is 1.52. The molecule has 0 bridgehead atoms. The van der Waals surface area contributed by atoms with Crippen molar-refractivity contribution in [2.24, 2.45) is 132 Å². The van der Waals surface area contributed by atoms with Gasteiger partial charge in [-0.15, -0.1) is 0 Å². The van der Waals surface area contributed by atoms with Gasteiger partial charge in [0.1, 0.15) is 21.7 Å². The minimum atomic E-state index is -4.32. The van der Waals surface area contributed by atoms with E-state index in [-0.39, 0.29) is 34.5 Å². The lowest BCUT2D eigenvalue weighted by atomic mass is 9.73. The molecule has 28 heteroatoms. The molecule has 0 fully saturated rings. The molecule has 650 valence electrons. The lowest BCUT2D eigenvalue weighted by molar-refractivity contribution is -0.244. The summed E-state index contributed by atoms with van der Waals surface area (Å²) in [6.07, 6.45) is -7.29. The Balaban J connectivity index is -0.000000123. The molecule has 0 aromatic carbocycles. The van der Waals surface area contributed by atoms with Crippen LogP contribution in [0.3, 0.4) is 0 Å². The van der Waals surface area contributed by atoms with E-state index in [4.69, 9.17) is 21.7 Å². The minimum Gasteiger partial charge on any atom is -0.396 e. The van der Waals surface area contributed by atoms with Crippen molar-refractivity contribution in [2.45, 2.75) is 312 Å². The number of carbonyl (C=O) groups excluding carboxylic acids is 6. The standard InChI is InChI=1S/2C9H17F2NO.C9H19NO.2C8H15F2NO.C8H17NO.C8H18O.C7H13F3O.C7H16.C6H11F3/c2*1-6(2)8(3,7(13)12-5)9(4,10)11;1-6(2)8(7(3)4)9(11)10-5;2*1-5(2)7(3,6(11)12)8(4,9)10;1-6(2)8(3,4)7(10)9-5;1-5-8(4,6-9)7(2)3;1-5(2)6(3,4-11)7(8,9)10;1-6(2)7(3,4)5;1-4(2)5(3)6(7,8)9/h2*6H,1-5H3,(H,12,13);6-8H,1-5H3,(H,10,11);2*5H,1-4H3,(H2,11,12);6H,1-5H3,(H,9,10);7,9H,5-6H2,1-4H3;5,11H,4H2,1-3H3;6H,1-5H3;4-5H,1-3H3/t2*8-;;2*7-;;;6-;;5-/m10.10..0.0/s1. The topological polar surface area (TPSA) is 243 Å². The second-order valence-electron chi connectivity index (χ2n) is 34.6. The van der Waals surface area contributed by atoms with Crippen LogP contribution in [0, 0.1) is 120 Å². The molecular formula is C79H158F14N6O8. The van der Waals surface area contributed by atoms with Crippen LogP contribution in [0.2, 0.25) is 0 Å². The minimum absolute atomic E-state index is 0.113. The number of nitrogens with one attached hydrogen (secondary N) is 4. The number of hydrogen-bond acceptors (Lipinski definition) is 8. The summed E-state index contributed by atoms with van der Waals surface area (Å²) < 4.78 is 176. The average Bonchev–Trinajstić information content (AvgIpc) is 0.818. The first-order valence-electron chi connectivity index (χ1n) is 37.0. The highest BCUT2D eigenvalue weighted by Crippen LogP contribution is 2.47. The highest BCUT2D eigenvalue weighted by molar-refractivity contribution is 5.84. The molecule has 0 aromatic rings. The van der Waals surface area contributed by atoms with E-state index in [1.54, 1.807) is 83.3 Å². The Kier molecular flexibility index (Phi) is 57.8. The van der Waals surface area contributed by atoms with Crippen LogP contribution < -0.4 is 32.7 Å². The van der Waals surface area contributed by atoms with E-state index in [0.29, 0.717) is 35.7 Å². The monoisotopic (exact) mass is 1590 g/mol. The maximum absolute atomic E-state index is 13.2. The van der Waals surface area contributed by atoms with E-state index in [2.05, 4.69) is 125 Å². The number of rotatable bonds is 23. The Morgan fingerprint density at radius 2 is 0.579 bits per heavy atom. The van der Waals surface area contributed by atoms with Crippen molar-refractivity contribution in [1.82, 2.24) is 21.3 Å². The molecule has 7 atom stereocenters. The van der Waals surface area contributed by atoms with Crippen LogP contribution in [0.5, 0.6) is 0 Å². The molecule has 0 aromatic heterocycles. The molecule has 0 aliphatic rings. The third kappa shape index (κ3) is 40.7. The van der Waals surface area contributed by atoms with E-state index < -0.39 is 129 Å². The van der Waals surface area contributed by atoms with Crippen LogP contribution in [0.1, 0.15) is 276 Å². The molecule has 1 unspecified atom stereocenters. The second-order valence-corrected chi connectivity index (χ2v) is 34.6. The average molecular weight is 1590 g/mol. The van der Waals surface area contributed by atoms with Gasteiger partial charge >= 0.3 is 12.4 Å². The molecule has 0 radical (unpaired) electrons.